The van der Waals surface area contributed by atoms with Crippen molar-refractivity contribution in [1.82, 2.24) is 9.97 Å². The number of thiazole rings is 1. The van der Waals surface area contributed by atoms with Crippen LogP contribution in [0.1, 0.15) is 10.6 Å². The largest absolute Gasteiger partial charge is 0.364 e. The van der Waals surface area contributed by atoms with Gasteiger partial charge in [-0.05, 0) is 19.1 Å². The van der Waals surface area contributed by atoms with Crippen molar-refractivity contribution in [2.24, 2.45) is 0 Å². The Hall–Kier alpha value is -1.47. The second-order valence-corrected chi connectivity index (χ2v) is 6.76. The van der Waals surface area contributed by atoms with E-state index in [1.54, 1.807) is 23.8 Å². The summed E-state index contributed by atoms with van der Waals surface area (Å²) in [7, 11) is -3.27. The minimum atomic E-state index is -3.27. The van der Waals surface area contributed by atoms with Crippen LogP contribution in [0.5, 0.6) is 0 Å². The highest BCUT2D eigenvalue weighted by Gasteiger charge is 2.14. The van der Waals surface area contributed by atoms with Gasteiger partial charge in [0.05, 0.1) is 17.7 Å². The van der Waals surface area contributed by atoms with Crippen molar-refractivity contribution in [3.05, 3.63) is 34.4 Å². The maximum atomic E-state index is 11.6. The number of hydrogen-bond donors (Lipinski definition) is 1. The monoisotopic (exact) mass is 283 g/mol. The summed E-state index contributed by atoms with van der Waals surface area (Å²) in [4.78, 5) is 9.49. The van der Waals surface area contributed by atoms with Gasteiger partial charge in [-0.15, -0.1) is 11.3 Å². The van der Waals surface area contributed by atoms with Gasteiger partial charge in [0.1, 0.15) is 10.7 Å². The van der Waals surface area contributed by atoms with Crippen LogP contribution in [0.2, 0.25) is 0 Å². The third kappa shape index (κ3) is 2.85. The summed E-state index contributed by atoms with van der Waals surface area (Å²) < 4.78 is 23.2. The van der Waals surface area contributed by atoms with Crippen LogP contribution in [0.25, 0.3) is 0 Å². The van der Waals surface area contributed by atoms with E-state index < -0.39 is 9.84 Å². The number of nitrogens with one attached hydrogen (secondary N) is 1. The molecule has 0 aliphatic heterocycles. The van der Waals surface area contributed by atoms with Crippen LogP contribution in [-0.4, -0.2) is 24.6 Å². The van der Waals surface area contributed by atoms with E-state index >= 15 is 0 Å². The molecule has 2 rings (SSSR count). The first-order chi connectivity index (χ1) is 8.48. The van der Waals surface area contributed by atoms with E-state index in [1.165, 1.54) is 17.6 Å². The van der Waals surface area contributed by atoms with E-state index in [1.807, 2.05) is 6.92 Å². The molecule has 1 N–H and O–H groups in total. The summed E-state index contributed by atoms with van der Waals surface area (Å²) in [6.45, 7) is 2.44. The lowest BCUT2D eigenvalue weighted by Crippen LogP contribution is -2.07. The highest BCUT2D eigenvalue weighted by Crippen LogP contribution is 2.20. The van der Waals surface area contributed by atoms with Crippen LogP contribution in [-0.2, 0) is 16.4 Å². The molecule has 0 saturated heterocycles. The zero-order chi connectivity index (χ0) is 13.2. The molecule has 96 valence electrons. The summed E-state index contributed by atoms with van der Waals surface area (Å²) >= 11 is 1.53. The lowest BCUT2D eigenvalue weighted by Gasteiger charge is -2.08. The van der Waals surface area contributed by atoms with Crippen LogP contribution in [0.3, 0.4) is 0 Å². The predicted molar refractivity (Wildman–Crippen MR) is 71.5 cm³/mol. The van der Waals surface area contributed by atoms with Crippen molar-refractivity contribution in [2.45, 2.75) is 18.4 Å². The molecule has 0 aliphatic rings. The van der Waals surface area contributed by atoms with Gasteiger partial charge in [0.25, 0.3) is 0 Å². The average molecular weight is 283 g/mol. The number of aryl methyl sites for hydroxylation is 1. The van der Waals surface area contributed by atoms with Crippen molar-refractivity contribution < 1.29 is 8.42 Å². The lowest BCUT2D eigenvalue weighted by molar-refractivity contribution is 0.602. The smallest absolute Gasteiger partial charge is 0.179 e. The minimum Gasteiger partial charge on any atom is -0.364 e. The number of sulfone groups is 1. The zero-order valence-electron chi connectivity index (χ0n) is 10.0. The third-order valence-corrected chi connectivity index (χ3v) is 4.49. The molecule has 0 aromatic carbocycles. The van der Waals surface area contributed by atoms with Crippen LogP contribution < -0.4 is 5.32 Å². The SMILES string of the molecule is Cc1ncsc1CNc1ncccc1S(C)(=O)=O. The van der Waals surface area contributed by atoms with Crippen LogP contribution >= 0.6 is 11.3 Å². The standard InChI is InChI=1S/C11H13N3O2S2/c1-8-9(17-7-14-8)6-13-11-10(18(2,15)16)4-3-5-12-11/h3-5,7H,6H2,1-2H3,(H,12,13). The molecule has 0 spiro atoms. The van der Waals surface area contributed by atoms with Gasteiger partial charge in [-0.2, -0.15) is 0 Å². The van der Waals surface area contributed by atoms with E-state index in [2.05, 4.69) is 15.3 Å². The fourth-order valence-electron chi connectivity index (χ4n) is 1.48. The number of rotatable bonds is 4. The molecule has 18 heavy (non-hydrogen) atoms. The molecule has 2 aromatic heterocycles. The first kappa shape index (κ1) is 13.0. The Labute approximate surface area is 110 Å². The van der Waals surface area contributed by atoms with E-state index in [0.29, 0.717) is 12.4 Å². The number of pyridine rings is 1. The van der Waals surface area contributed by atoms with Gasteiger partial charge in [-0.1, -0.05) is 0 Å². The van der Waals surface area contributed by atoms with Crippen LogP contribution in [0, 0.1) is 6.92 Å². The summed E-state index contributed by atoms with van der Waals surface area (Å²) in [5.74, 6) is 0.382. The van der Waals surface area contributed by atoms with Crippen molar-refractivity contribution in [3.8, 4) is 0 Å². The van der Waals surface area contributed by atoms with Gasteiger partial charge in [0, 0.05) is 17.3 Å². The Kier molecular flexibility index (Phi) is 3.63. The number of aromatic nitrogens is 2. The molecule has 0 atom stereocenters. The van der Waals surface area contributed by atoms with Crippen LogP contribution in [0.15, 0.2) is 28.7 Å². The molecule has 0 bridgehead atoms. The Balaban J connectivity index is 2.23. The lowest BCUT2D eigenvalue weighted by atomic mass is 10.4. The molecule has 0 fully saturated rings. The second-order valence-electron chi connectivity index (χ2n) is 3.84. The topological polar surface area (TPSA) is 72.0 Å². The highest BCUT2D eigenvalue weighted by atomic mass is 32.2. The first-order valence-corrected chi connectivity index (χ1v) is 8.03. The first-order valence-electron chi connectivity index (χ1n) is 5.26. The summed E-state index contributed by atoms with van der Waals surface area (Å²) in [6.07, 6.45) is 2.74. The number of hydrogen-bond acceptors (Lipinski definition) is 6. The van der Waals surface area contributed by atoms with Gasteiger partial charge in [0.2, 0.25) is 0 Å². The molecule has 0 amide bonds. The Morgan fingerprint density at radius 3 is 2.78 bits per heavy atom. The van der Waals surface area contributed by atoms with E-state index in [-0.39, 0.29) is 4.90 Å². The predicted octanol–water partition coefficient (Wildman–Crippen LogP) is 1.86. The second kappa shape index (κ2) is 5.03. The van der Waals surface area contributed by atoms with Gasteiger partial charge in [-0.25, -0.2) is 18.4 Å². The molecule has 0 unspecified atom stereocenters. The average Bonchev–Trinajstić information content (AvgIpc) is 2.71. The fraction of sp³-hybridized carbons (Fsp3) is 0.273. The Morgan fingerprint density at radius 1 is 1.39 bits per heavy atom. The van der Waals surface area contributed by atoms with Crippen molar-refractivity contribution >= 4 is 27.0 Å². The van der Waals surface area contributed by atoms with E-state index in [9.17, 15) is 8.42 Å². The number of anilines is 1. The molecule has 0 aliphatic carbocycles. The van der Waals surface area contributed by atoms with E-state index in [0.717, 1.165) is 10.6 Å². The fourth-order valence-corrected chi connectivity index (χ4v) is 3.00. The normalized spacial score (nSPS) is 11.4. The third-order valence-electron chi connectivity index (χ3n) is 2.43. The number of nitrogens with zero attached hydrogens (tertiary/aromatic N) is 2. The van der Waals surface area contributed by atoms with E-state index in [4.69, 9.17) is 0 Å². The minimum absolute atomic E-state index is 0.215. The van der Waals surface area contributed by atoms with Crippen molar-refractivity contribution in [1.29, 1.82) is 0 Å². The van der Waals surface area contributed by atoms with Gasteiger partial charge in [-0.3, -0.25) is 0 Å². The van der Waals surface area contributed by atoms with Crippen molar-refractivity contribution in [2.75, 3.05) is 11.6 Å². The maximum Gasteiger partial charge on any atom is 0.179 e. The summed E-state index contributed by atoms with van der Waals surface area (Å²) in [5.41, 5.74) is 2.71. The summed E-state index contributed by atoms with van der Waals surface area (Å²) in [5, 5.41) is 3.04. The van der Waals surface area contributed by atoms with Gasteiger partial charge < -0.3 is 5.32 Å². The molecule has 7 heteroatoms. The quantitative estimate of drug-likeness (QED) is 0.927. The maximum absolute atomic E-state index is 11.6. The molecule has 0 saturated carbocycles. The molecular weight excluding hydrogens is 270 g/mol. The zero-order valence-corrected chi connectivity index (χ0v) is 11.7. The Morgan fingerprint density at radius 2 is 2.17 bits per heavy atom. The molecule has 2 aromatic rings. The molecule has 0 radical (unpaired) electrons. The molecule has 5 nitrogen and oxygen atoms in total. The summed E-state index contributed by atoms with van der Waals surface area (Å²) in [6, 6.07) is 3.16. The van der Waals surface area contributed by atoms with Gasteiger partial charge in [0.15, 0.2) is 9.84 Å². The Bertz CT molecular complexity index is 650. The van der Waals surface area contributed by atoms with Crippen molar-refractivity contribution in [3.63, 3.8) is 0 Å². The van der Waals surface area contributed by atoms with Gasteiger partial charge >= 0.3 is 0 Å². The molecular formula is C11H13N3O2S2. The molecule has 2 heterocycles. The highest BCUT2D eigenvalue weighted by molar-refractivity contribution is 7.90. The van der Waals surface area contributed by atoms with Crippen LogP contribution in [0.4, 0.5) is 5.82 Å².